The molecule has 3 aromatic rings. The van der Waals surface area contributed by atoms with Crippen molar-refractivity contribution in [1.82, 2.24) is 14.2 Å². The summed E-state index contributed by atoms with van der Waals surface area (Å²) in [4.78, 5) is 13.1. The Bertz CT molecular complexity index is 1290. The number of fused-ring (bicyclic) bond motifs is 1. The van der Waals surface area contributed by atoms with E-state index in [1.165, 1.54) is 0 Å². The zero-order chi connectivity index (χ0) is 24.3. The number of benzene rings is 2. The van der Waals surface area contributed by atoms with Crippen molar-refractivity contribution >= 4 is 26.8 Å². The van der Waals surface area contributed by atoms with Gasteiger partial charge in [0.1, 0.15) is 5.69 Å². The molecule has 0 unspecified atom stereocenters. The number of nitrogens with one attached hydrogen (secondary N) is 1. The predicted octanol–water partition coefficient (Wildman–Crippen LogP) is 3.34. The van der Waals surface area contributed by atoms with E-state index < -0.39 is 10.0 Å². The molecule has 1 saturated heterocycles. The van der Waals surface area contributed by atoms with Crippen molar-refractivity contribution < 1.29 is 22.7 Å². The van der Waals surface area contributed by atoms with Gasteiger partial charge in [-0.1, -0.05) is 12.5 Å². The van der Waals surface area contributed by atoms with Crippen LogP contribution in [0, 0.1) is 0 Å². The maximum absolute atomic E-state index is 13.0. The normalized spacial score (nSPS) is 14.8. The summed E-state index contributed by atoms with van der Waals surface area (Å²) in [5.74, 6) is 1.10. The Balaban J connectivity index is 1.47. The number of aryl methyl sites for hydroxylation is 1. The van der Waals surface area contributed by atoms with Crippen molar-refractivity contribution in [3.8, 4) is 11.5 Å². The highest BCUT2D eigenvalue weighted by molar-refractivity contribution is 7.89. The Morgan fingerprint density at radius 3 is 2.41 bits per heavy atom. The van der Waals surface area contributed by atoms with E-state index >= 15 is 0 Å². The lowest BCUT2D eigenvalue weighted by molar-refractivity contribution is 0.0946. The lowest BCUT2D eigenvalue weighted by Gasteiger charge is -2.25. The Labute approximate surface area is 200 Å². The van der Waals surface area contributed by atoms with Crippen molar-refractivity contribution in [2.45, 2.75) is 30.6 Å². The molecule has 2 aromatic carbocycles. The Morgan fingerprint density at radius 2 is 1.71 bits per heavy atom. The van der Waals surface area contributed by atoms with Crippen LogP contribution < -0.4 is 14.8 Å². The lowest BCUT2D eigenvalue weighted by atomic mass is 10.1. The highest BCUT2D eigenvalue weighted by atomic mass is 32.2. The van der Waals surface area contributed by atoms with Crippen LogP contribution in [0.3, 0.4) is 0 Å². The van der Waals surface area contributed by atoms with Crippen LogP contribution >= 0.6 is 0 Å². The van der Waals surface area contributed by atoms with E-state index in [1.54, 1.807) is 47.4 Å². The number of hydrogen-bond donors (Lipinski definition) is 1. The van der Waals surface area contributed by atoms with Crippen LogP contribution in [0.1, 0.15) is 35.3 Å². The topological polar surface area (TPSA) is 89.9 Å². The van der Waals surface area contributed by atoms with Gasteiger partial charge in [0, 0.05) is 37.6 Å². The standard InChI is InChI=1S/C25H31N3O5S/c1-27-21-9-8-20(34(30,31)28-13-5-4-6-14-28)16-19(21)17-22(27)25(29)26-12-11-18-7-10-23(32-2)24(15-18)33-3/h7-10,15-17H,4-6,11-14H2,1-3H3,(H,26,29). The number of ether oxygens (including phenoxy) is 2. The Morgan fingerprint density at radius 1 is 0.971 bits per heavy atom. The molecule has 2 heterocycles. The van der Waals surface area contributed by atoms with E-state index in [0.29, 0.717) is 43.2 Å². The molecule has 0 spiro atoms. The van der Waals surface area contributed by atoms with Crippen molar-refractivity contribution in [3.05, 3.63) is 53.7 Å². The monoisotopic (exact) mass is 485 g/mol. The van der Waals surface area contributed by atoms with Gasteiger partial charge in [-0.05, 0) is 61.2 Å². The van der Waals surface area contributed by atoms with Crippen LogP contribution in [0.25, 0.3) is 10.9 Å². The molecule has 0 radical (unpaired) electrons. The van der Waals surface area contributed by atoms with Gasteiger partial charge in [-0.25, -0.2) is 8.42 Å². The summed E-state index contributed by atoms with van der Waals surface area (Å²) in [6, 6.07) is 12.5. The number of carbonyl (C=O) groups is 1. The quantitative estimate of drug-likeness (QED) is 0.529. The zero-order valence-corrected chi connectivity index (χ0v) is 20.7. The van der Waals surface area contributed by atoms with Crippen molar-refractivity contribution in [1.29, 1.82) is 0 Å². The number of amides is 1. The second kappa shape index (κ2) is 10.1. The van der Waals surface area contributed by atoms with Gasteiger partial charge >= 0.3 is 0 Å². The summed E-state index contributed by atoms with van der Waals surface area (Å²) in [7, 11) is 1.46. The van der Waals surface area contributed by atoms with E-state index in [1.807, 2.05) is 25.2 Å². The Kier molecular flexibility index (Phi) is 7.13. The van der Waals surface area contributed by atoms with E-state index in [2.05, 4.69) is 5.32 Å². The number of sulfonamides is 1. The first-order chi connectivity index (χ1) is 16.3. The van der Waals surface area contributed by atoms with Gasteiger partial charge in [-0.3, -0.25) is 4.79 Å². The maximum atomic E-state index is 13.0. The first-order valence-corrected chi connectivity index (χ1v) is 12.9. The second-order valence-corrected chi connectivity index (χ2v) is 10.4. The van der Waals surface area contributed by atoms with Crippen LogP contribution in [0.15, 0.2) is 47.4 Å². The van der Waals surface area contributed by atoms with Gasteiger partial charge < -0.3 is 19.4 Å². The van der Waals surface area contributed by atoms with Crippen LogP contribution in [0.5, 0.6) is 11.5 Å². The first-order valence-electron chi connectivity index (χ1n) is 11.4. The van der Waals surface area contributed by atoms with Gasteiger partial charge in [0.2, 0.25) is 10.0 Å². The molecule has 0 bridgehead atoms. The van der Waals surface area contributed by atoms with E-state index in [4.69, 9.17) is 9.47 Å². The summed E-state index contributed by atoms with van der Waals surface area (Å²) in [5.41, 5.74) is 2.31. The average molecular weight is 486 g/mol. The Hall–Kier alpha value is -3.04. The average Bonchev–Trinajstić information content (AvgIpc) is 3.20. The third-order valence-electron chi connectivity index (χ3n) is 6.35. The number of nitrogens with zero attached hydrogens (tertiary/aromatic N) is 2. The maximum Gasteiger partial charge on any atom is 0.267 e. The van der Waals surface area contributed by atoms with Gasteiger partial charge in [0.25, 0.3) is 5.91 Å². The smallest absolute Gasteiger partial charge is 0.267 e. The van der Waals surface area contributed by atoms with Crippen LogP contribution in [-0.4, -0.2) is 57.1 Å². The largest absolute Gasteiger partial charge is 0.493 e. The second-order valence-electron chi connectivity index (χ2n) is 8.47. The molecule has 0 atom stereocenters. The van der Waals surface area contributed by atoms with E-state index in [-0.39, 0.29) is 10.8 Å². The fourth-order valence-electron chi connectivity index (χ4n) is 4.41. The predicted molar refractivity (Wildman–Crippen MR) is 131 cm³/mol. The molecule has 1 amide bonds. The summed E-state index contributed by atoms with van der Waals surface area (Å²) in [5, 5.41) is 3.68. The van der Waals surface area contributed by atoms with Crippen molar-refractivity contribution in [2.75, 3.05) is 33.9 Å². The highest BCUT2D eigenvalue weighted by Crippen LogP contribution is 2.28. The summed E-state index contributed by atoms with van der Waals surface area (Å²) >= 11 is 0. The lowest BCUT2D eigenvalue weighted by Crippen LogP contribution is -2.35. The molecule has 4 rings (SSSR count). The molecule has 1 aliphatic rings. The number of carbonyl (C=O) groups excluding carboxylic acids is 1. The van der Waals surface area contributed by atoms with Crippen molar-refractivity contribution in [2.24, 2.45) is 7.05 Å². The minimum absolute atomic E-state index is 0.209. The molecule has 0 saturated carbocycles. The third kappa shape index (κ3) is 4.76. The molecular weight excluding hydrogens is 454 g/mol. The summed E-state index contributed by atoms with van der Waals surface area (Å²) in [6.45, 7) is 1.57. The number of methoxy groups -OCH3 is 2. The molecule has 34 heavy (non-hydrogen) atoms. The number of rotatable bonds is 8. The zero-order valence-electron chi connectivity index (χ0n) is 19.8. The molecule has 1 N–H and O–H groups in total. The molecule has 9 heteroatoms. The van der Waals surface area contributed by atoms with E-state index in [9.17, 15) is 13.2 Å². The molecule has 182 valence electrons. The molecule has 1 aromatic heterocycles. The minimum Gasteiger partial charge on any atom is -0.493 e. The molecular formula is C25H31N3O5S. The van der Waals surface area contributed by atoms with Crippen molar-refractivity contribution in [3.63, 3.8) is 0 Å². The summed E-state index contributed by atoms with van der Waals surface area (Å²) in [6.07, 6.45) is 3.48. The van der Waals surface area contributed by atoms with Gasteiger partial charge in [0.05, 0.1) is 19.1 Å². The first kappa shape index (κ1) is 24.1. The minimum atomic E-state index is -3.53. The third-order valence-corrected chi connectivity index (χ3v) is 8.24. The van der Waals surface area contributed by atoms with Crippen LogP contribution in [-0.2, 0) is 23.5 Å². The van der Waals surface area contributed by atoms with Gasteiger partial charge in [-0.2, -0.15) is 4.31 Å². The molecule has 8 nitrogen and oxygen atoms in total. The summed E-state index contributed by atoms with van der Waals surface area (Å²) < 4.78 is 40.0. The fraction of sp³-hybridized carbons (Fsp3) is 0.400. The van der Waals surface area contributed by atoms with E-state index in [0.717, 1.165) is 35.7 Å². The fourth-order valence-corrected chi connectivity index (χ4v) is 5.96. The SMILES string of the molecule is COc1ccc(CCNC(=O)c2cc3cc(S(=O)(=O)N4CCCCC4)ccc3n2C)cc1OC. The van der Waals surface area contributed by atoms with Crippen LogP contribution in [0.2, 0.25) is 0 Å². The highest BCUT2D eigenvalue weighted by Gasteiger charge is 2.26. The number of aromatic nitrogens is 1. The van der Waals surface area contributed by atoms with Gasteiger partial charge in [-0.15, -0.1) is 0 Å². The van der Waals surface area contributed by atoms with Crippen LogP contribution in [0.4, 0.5) is 0 Å². The molecule has 1 aliphatic heterocycles. The van der Waals surface area contributed by atoms with Gasteiger partial charge in [0.15, 0.2) is 11.5 Å². The number of piperidine rings is 1. The molecule has 0 aliphatic carbocycles. The molecule has 1 fully saturated rings. The number of hydrogen-bond acceptors (Lipinski definition) is 5.